The molecule has 0 radical (unpaired) electrons. The van der Waals surface area contributed by atoms with Crippen LogP contribution in [0.4, 0.5) is 0 Å². The van der Waals surface area contributed by atoms with E-state index >= 15 is 0 Å². The fraction of sp³-hybridized carbons (Fsp3) is 0.400. The van der Waals surface area contributed by atoms with Crippen LogP contribution in [0.2, 0.25) is 5.02 Å². The van der Waals surface area contributed by atoms with Crippen LogP contribution in [0.25, 0.3) is 0 Å². The van der Waals surface area contributed by atoms with Crippen LogP contribution in [0.5, 0.6) is 0 Å². The van der Waals surface area contributed by atoms with Gasteiger partial charge in [0.1, 0.15) is 0 Å². The van der Waals surface area contributed by atoms with Crippen molar-refractivity contribution in [3.63, 3.8) is 0 Å². The molecule has 1 aliphatic rings. The first-order valence-corrected chi connectivity index (χ1v) is 8.83. The Morgan fingerprint density at radius 2 is 1.70 bits per heavy atom. The van der Waals surface area contributed by atoms with E-state index in [0.717, 1.165) is 31.2 Å². The molecule has 2 aromatic carbocycles. The number of aliphatic hydroxyl groups excluding tert-OH is 1. The number of nitrogens with one attached hydrogen (secondary N) is 1. The molecule has 2 N–H and O–H groups in total. The van der Waals surface area contributed by atoms with E-state index in [1.165, 1.54) is 24.1 Å². The maximum absolute atomic E-state index is 10.2. The maximum atomic E-state index is 10.2. The van der Waals surface area contributed by atoms with Gasteiger partial charge in [0, 0.05) is 11.1 Å². The minimum absolute atomic E-state index is 0.406. The van der Waals surface area contributed by atoms with E-state index in [2.05, 4.69) is 29.6 Å². The highest BCUT2D eigenvalue weighted by atomic mass is 35.5. The molecule has 23 heavy (non-hydrogen) atoms. The highest BCUT2D eigenvalue weighted by Crippen LogP contribution is 2.21. The summed E-state index contributed by atoms with van der Waals surface area (Å²) >= 11 is 5.87. The third-order valence-corrected chi connectivity index (χ3v) is 4.88. The number of rotatable bonds is 7. The number of hydrogen-bond donors (Lipinski definition) is 2. The molecule has 2 nitrogen and oxygen atoms in total. The molecule has 0 aromatic heterocycles. The second kappa shape index (κ2) is 7.96. The summed E-state index contributed by atoms with van der Waals surface area (Å²) < 4.78 is 0. The van der Waals surface area contributed by atoms with E-state index in [1.807, 2.05) is 24.3 Å². The monoisotopic (exact) mass is 329 g/mol. The zero-order valence-corrected chi connectivity index (χ0v) is 14.1. The summed E-state index contributed by atoms with van der Waals surface area (Å²) in [5.74, 6) is 0. The van der Waals surface area contributed by atoms with Crippen molar-refractivity contribution in [2.24, 2.45) is 0 Å². The molecule has 3 heteroatoms. The van der Waals surface area contributed by atoms with Crippen molar-refractivity contribution in [3.05, 3.63) is 70.2 Å². The lowest BCUT2D eigenvalue weighted by Gasteiger charge is -2.27. The predicted molar refractivity (Wildman–Crippen MR) is 95.9 cm³/mol. The Hall–Kier alpha value is -1.35. The van der Waals surface area contributed by atoms with E-state index in [9.17, 15) is 5.11 Å². The number of aryl methyl sites for hydroxylation is 1. The maximum Gasteiger partial charge on any atom is 0.0790 e. The van der Waals surface area contributed by atoms with Gasteiger partial charge in [-0.3, -0.25) is 0 Å². The topological polar surface area (TPSA) is 32.3 Å². The number of benzene rings is 2. The van der Waals surface area contributed by atoms with Gasteiger partial charge in [0.05, 0.1) is 6.10 Å². The van der Waals surface area contributed by atoms with Gasteiger partial charge in [-0.2, -0.15) is 0 Å². The van der Waals surface area contributed by atoms with Crippen LogP contribution in [0, 0.1) is 0 Å². The van der Waals surface area contributed by atoms with Gasteiger partial charge in [0.15, 0.2) is 0 Å². The van der Waals surface area contributed by atoms with Gasteiger partial charge in [0.25, 0.3) is 0 Å². The molecule has 0 bridgehead atoms. The van der Waals surface area contributed by atoms with Crippen LogP contribution < -0.4 is 5.32 Å². The molecule has 1 heterocycles. The molecule has 1 aliphatic heterocycles. The SMILES string of the molecule is OC(CCCc1ccc(C[C@@H]2CCN2)cc1)c1ccc(Cl)cc1. The molecule has 2 atom stereocenters. The van der Waals surface area contributed by atoms with Crippen molar-refractivity contribution in [2.45, 2.75) is 44.2 Å². The molecule has 2 aromatic rings. The summed E-state index contributed by atoms with van der Waals surface area (Å²) in [6.07, 6.45) is 4.78. The highest BCUT2D eigenvalue weighted by Gasteiger charge is 2.16. The fourth-order valence-corrected chi connectivity index (χ4v) is 3.13. The van der Waals surface area contributed by atoms with E-state index in [-0.39, 0.29) is 0 Å². The Balaban J connectivity index is 1.43. The molecule has 0 amide bonds. The van der Waals surface area contributed by atoms with Gasteiger partial charge in [-0.1, -0.05) is 48.0 Å². The molecule has 0 spiro atoms. The second-order valence-electron chi connectivity index (χ2n) is 6.42. The first-order chi connectivity index (χ1) is 11.2. The minimum atomic E-state index is -0.406. The summed E-state index contributed by atoms with van der Waals surface area (Å²) in [4.78, 5) is 0. The molecule has 3 rings (SSSR count). The molecule has 1 unspecified atom stereocenters. The lowest BCUT2D eigenvalue weighted by Crippen LogP contribution is -2.44. The molecule has 0 saturated carbocycles. The average Bonchev–Trinajstić information content (AvgIpc) is 2.53. The third kappa shape index (κ3) is 4.81. The Labute approximate surface area is 143 Å². The average molecular weight is 330 g/mol. The number of halogens is 1. The largest absolute Gasteiger partial charge is 0.388 e. The lowest BCUT2D eigenvalue weighted by molar-refractivity contribution is 0.164. The van der Waals surface area contributed by atoms with Crippen molar-refractivity contribution >= 4 is 11.6 Å². The Morgan fingerprint density at radius 1 is 1.04 bits per heavy atom. The van der Waals surface area contributed by atoms with Crippen molar-refractivity contribution in [1.29, 1.82) is 0 Å². The van der Waals surface area contributed by atoms with Crippen molar-refractivity contribution in [3.8, 4) is 0 Å². The smallest absolute Gasteiger partial charge is 0.0790 e. The highest BCUT2D eigenvalue weighted by molar-refractivity contribution is 6.30. The van der Waals surface area contributed by atoms with Crippen molar-refractivity contribution in [2.75, 3.05) is 6.54 Å². The standard InChI is InChI=1S/C20H24ClNO/c21-18-10-8-17(9-11-18)20(23)3-1-2-15-4-6-16(7-5-15)14-19-12-13-22-19/h4-11,19-20,22-23H,1-3,12-14H2/t19-,20?/m0/s1. The molecule has 122 valence electrons. The first-order valence-electron chi connectivity index (χ1n) is 8.45. The van der Waals surface area contributed by atoms with Crippen LogP contribution in [0.15, 0.2) is 48.5 Å². The zero-order chi connectivity index (χ0) is 16.1. The van der Waals surface area contributed by atoms with Gasteiger partial charge in [0.2, 0.25) is 0 Å². The molecule has 0 aliphatic carbocycles. The number of hydrogen-bond acceptors (Lipinski definition) is 2. The summed E-state index contributed by atoms with van der Waals surface area (Å²) in [6.45, 7) is 1.17. The van der Waals surface area contributed by atoms with Crippen LogP contribution in [0.3, 0.4) is 0 Å². The van der Waals surface area contributed by atoms with Gasteiger partial charge in [-0.05, 0) is 67.5 Å². The summed E-state index contributed by atoms with van der Waals surface area (Å²) in [5.41, 5.74) is 3.70. The van der Waals surface area contributed by atoms with Crippen LogP contribution in [-0.2, 0) is 12.8 Å². The van der Waals surface area contributed by atoms with Gasteiger partial charge in [-0.25, -0.2) is 0 Å². The third-order valence-electron chi connectivity index (χ3n) is 4.63. The van der Waals surface area contributed by atoms with Crippen molar-refractivity contribution < 1.29 is 5.11 Å². The molecule has 1 fully saturated rings. The normalized spacial score (nSPS) is 18.4. The minimum Gasteiger partial charge on any atom is -0.388 e. The Kier molecular flexibility index (Phi) is 5.71. The molecular formula is C20H24ClNO. The summed E-state index contributed by atoms with van der Waals surface area (Å²) in [5, 5.41) is 14.4. The van der Waals surface area contributed by atoms with E-state index < -0.39 is 6.10 Å². The summed E-state index contributed by atoms with van der Waals surface area (Å²) in [6, 6.07) is 17.1. The Bertz CT molecular complexity index is 605. The second-order valence-corrected chi connectivity index (χ2v) is 6.86. The predicted octanol–water partition coefficient (Wildman–Crippen LogP) is 4.30. The molecule has 1 saturated heterocycles. The van der Waals surface area contributed by atoms with E-state index in [0.29, 0.717) is 11.1 Å². The first kappa shape index (κ1) is 16.5. The van der Waals surface area contributed by atoms with Gasteiger partial charge < -0.3 is 10.4 Å². The van der Waals surface area contributed by atoms with Gasteiger partial charge in [-0.15, -0.1) is 0 Å². The molecular weight excluding hydrogens is 306 g/mol. The van der Waals surface area contributed by atoms with Crippen LogP contribution in [0.1, 0.15) is 42.1 Å². The van der Waals surface area contributed by atoms with Crippen LogP contribution >= 0.6 is 11.6 Å². The zero-order valence-electron chi connectivity index (χ0n) is 13.3. The van der Waals surface area contributed by atoms with E-state index in [4.69, 9.17) is 11.6 Å². The fourth-order valence-electron chi connectivity index (χ4n) is 3.00. The quantitative estimate of drug-likeness (QED) is 0.793. The number of aliphatic hydroxyl groups is 1. The van der Waals surface area contributed by atoms with Crippen molar-refractivity contribution in [1.82, 2.24) is 5.32 Å². The Morgan fingerprint density at radius 3 is 2.30 bits per heavy atom. The summed E-state index contributed by atoms with van der Waals surface area (Å²) in [7, 11) is 0. The lowest BCUT2D eigenvalue weighted by atomic mass is 9.96. The van der Waals surface area contributed by atoms with Gasteiger partial charge >= 0.3 is 0 Å². The van der Waals surface area contributed by atoms with Crippen LogP contribution in [-0.4, -0.2) is 17.7 Å². The van der Waals surface area contributed by atoms with E-state index in [1.54, 1.807) is 0 Å².